The Labute approximate surface area is 163 Å². The molecule has 8 N–H and O–H groups in total. The van der Waals surface area contributed by atoms with Crippen LogP contribution in [0.5, 0.6) is 0 Å². The summed E-state index contributed by atoms with van der Waals surface area (Å²) in [5.74, 6) is -5.99. The number of hydrogen-bond donors (Lipinski definition) is 6. The summed E-state index contributed by atoms with van der Waals surface area (Å²) in [6.07, 6.45) is 1.15. The zero-order valence-corrected chi connectivity index (χ0v) is 17.4. The predicted molar refractivity (Wildman–Crippen MR) is 103 cm³/mol. The van der Waals surface area contributed by atoms with Gasteiger partial charge in [-0.25, -0.2) is 9.59 Å². The van der Waals surface area contributed by atoms with E-state index in [1.165, 1.54) is 13.1 Å². The summed E-state index contributed by atoms with van der Waals surface area (Å²) < 4.78 is 5.52. The molecule has 0 aliphatic rings. The maximum Gasteiger partial charge on any atom is 0.372 e. The molecule has 0 atom stereocenters. The third kappa shape index (κ3) is 6.94. The first-order chi connectivity index (χ1) is 12.9. The van der Waals surface area contributed by atoms with Crippen LogP contribution >= 0.6 is 0 Å². The molecule has 12 heteroatoms. The van der Waals surface area contributed by atoms with Crippen molar-refractivity contribution in [3.63, 3.8) is 0 Å². The summed E-state index contributed by atoms with van der Waals surface area (Å²) in [5.41, 5.74) is 9.70. The van der Waals surface area contributed by atoms with E-state index in [4.69, 9.17) is 15.9 Å². The third-order valence-electron chi connectivity index (χ3n) is 3.44. The van der Waals surface area contributed by atoms with Gasteiger partial charge in [0.25, 0.3) is 20.1 Å². The molecular formula is C16H28N4O7Si. The monoisotopic (exact) mass is 416 g/mol. The molecule has 0 heterocycles. The maximum absolute atomic E-state index is 11.9. The van der Waals surface area contributed by atoms with Gasteiger partial charge in [0.2, 0.25) is 5.76 Å². The summed E-state index contributed by atoms with van der Waals surface area (Å²) in [7, 11) is -3.62. The molecule has 158 valence electrons. The first-order valence-electron chi connectivity index (χ1n) is 8.62. The van der Waals surface area contributed by atoms with Gasteiger partial charge < -0.3 is 36.7 Å². The molecule has 0 saturated heterocycles. The van der Waals surface area contributed by atoms with Crippen LogP contribution in [-0.4, -0.2) is 55.4 Å². The standard InChI is InChI=1S/C16H28N4O7Si/c1-5-7-19-9(13(17)21)11(15(23)24)27-28(3,4)12(16(25)26)10(14(18)22)20-8-6-2/h19-20H,5-8H2,1-4H3,(H2,17,21)(H2,18,22)(H,23,24)(H,25,26). The number of carboxylic acids is 2. The molecule has 0 spiro atoms. The van der Waals surface area contributed by atoms with Gasteiger partial charge in [-0.05, 0) is 25.9 Å². The first kappa shape index (κ1) is 25.0. The topological polar surface area (TPSA) is 194 Å². The molecule has 0 fully saturated rings. The number of carbonyl (C=O) groups is 4. The zero-order valence-electron chi connectivity index (χ0n) is 16.4. The van der Waals surface area contributed by atoms with E-state index in [1.807, 2.05) is 0 Å². The van der Waals surface area contributed by atoms with Crippen molar-refractivity contribution in [1.29, 1.82) is 0 Å². The summed E-state index contributed by atoms with van der Waals surface area (Å²) in [6, 6.07) is 0. The number of carbonyl (C=O) groups excluding carboxylic acids is 2. The van der Waals surface area contributed by atoms with Crippen LogP contribution in [0.25, 0.3) is 0 Å². The van der Waals surface area contributed by atoms with Crippen LogP contribution in [0.4, 0.5) is 0 Å². The van der Waals surface area contributed by atoms with E-state index in [0.717, 1.165) is 0 Å². The summed E-state index contributed by atoms with van der Waals surface area (Å²) in [4.78, 5) is 47.0. The van der Waals surface area contributed by atoms with Gasteiger partial charge in [0.15, 0.2) is 0 Å². The number of amides is 2. The fourth-order valence-corrected chi connectivity index (χ4v) is 4.38. The predicted octanol–water partition coefficient (Wildman–Crippen LogP) is -0.648. The van der Waals surface area contributed by atoms with E-state index in [2.05, 4.69) is 10.6 Å². The highest BCUT2D eigenvalue weighted by molar-refractivity contribution is 6.83. The van der Waals surface area contributed by atoms with Crippen molar-refractivity contribution in [3.8, 4) is 0 Å². The second-order valence-electron chi connectivity index (χ2n) is 6.26. The minimum absolute atomic E-state index is 0.243. The Kier molecular flexibility index (Phi) is 9.78. The summed E-state index contributed by atoms with van der Waals surface area (Å²) in [6.45, 7) is 6.84. The van der Waals surface area contributed by atoms with Gasteiger partial charge in [-0.1, -0.05) is 13.8 Å². The second-order valence-corrected chi connectivity index (χ2v) is 9.98. The molecular weight excluding hydrogens is 388 g/mol. The lowest BCUT2D eigenvalue weighted by Crippen LogP contribution is -2.44. The molecule has 0 unspecified atom stereocenters. The molecule has 0 aromatic carbocycles. The third-order valence-corrected chi connectivity index (χ3v) is 5.82. The van der Waals surface area contributed by atoms with E-state index < -0.39 is 48.7 Å². The van der Waals surface area contributed by atoms with Crippen molar-refractivity contribution in [1.82, 2.24) is 10.6 Å². The summed E-state index contributed by atoms with van der Waals surface area (Å²) >= 11 is 0. The van der Waals surface area contributed by atoms with Gasteiger partial charge in [-0.2, -0.15) is 0 Å². The Hall–Kier alpha value is -3.02. The number of aliphatic carboxylic acids is 2. The van der Waals surface area contributed by atoms with E-state index in [9.17, 15) is 29.4 Å². The van der Waals surface area contributed by atoms with E-state index >= 15 is 0 Å². The van der Waals surface area contributed by atoms with Crippen molar-refractivity contribution < 1.29 is 33.8 Å². The fraction of sp³-hybridized carbons (Fsp3) is 0.500. The quantitative estimate of drug-likeness (QED) is 0.128. The lowest BCUT2D eigenvalue weighted by molar-refractivity contribution is -0.136. The molecule has 11 nitrogen and oxygen atoms in total. The Balaban J connectivity index is 6.46. The molecule has 0 radical (unpaired) electrons. The van der Waals surface area contributed by atoms with Crippen molar-refractivity contribution in [3.05, 3.63) is 22.3 Å². The molecule has 0 saturated carbocycles. The van der Waals surface area contributed by atoms with Crippen LogP contribution in [0.15, 0.2) is 22.3 Å². The minimum atomic E-state index is -3.62. The second kappa shape index (κ2) is 11.0. The van der Waals surface area contributed by atoms with Crippen molar-refractivity contribution >= 4 is 32.1 Å². The smallest absolute Gasteiger partial charge is 0.372 e. The highest BCUT2D eigenvalue weighted by Crippen LogP contribution is 2.24. The Morgan fingerprint density at radius 2 is 1.29 bits per heavy atom. The van der Waals surface area contributed by atoms with Gasteiger partial charge in [-0.15, -0.1) is 0 Å². The van der Waals surface area contributed by atoms with Gasteiger partial charge in [0, 0.05) is 13.1 Å². The molecule has 0 aromatic rings. The molecule has 0 aliphatic carbocycles. The lowest BCUT2D eigenvalue weighted by atomic mass is 10.3. The minimum Gasteiger partial charge on any atom is -0.533 e. The van der Waals surface area contributed by atoms with Gasteiger partial charge in [0.1, 0.15) is 11.4 Å². The number of hydrogen-bond acceptors (Lipinski definition) is 7. The molecule has 0 bridgehead atoms. The van der Waals surface area contributed by atoms with Crippen LogP contribution in [0.3, 0.4) is 0 Å². The van der Waals surface area contributed by atoms with Crippen LogP contribution < -0.4 is 22.1 Å². The highest BCUT2D eigenvalue weighted by atomic mass is 28.4. The zero-order chi connectivity index (χ0) is 22.1. The van der Waals surface area contributed by atoms with Crippen molar-refractivity contribution in [2.45, 2.75) is 39.8 Å². The molecule has 0 rings (SSSR count). The highest BCUT2D eigenvalue weighted by Gasteiger charge is 2.41. The molecule has 28 heavy (non-hydrogen) atoms. The normalized spacial score (nSPS) is 13.0. The Bertz CT molecular complexity index is 701. The van der Waals surface area contributed by atoms with Crippen LogP contribution in [-0.2, 0) is 23.6 Å². The number of nitrogens with one attached hydrogen (secondary N) is 2. The van der Waals surface area contributed by atoms with Crippen molar-refractivity contribution in [2.75, 3.05) is 13.1 Å². The molecule has 0 aliphatic heterocycles. The number of rotatable bonds is 13. The van der Waals surface area contributed by atoms with Gasteiger partial charge in [0.05, 0.1) is 5.20 Å². The van der Waals surface area contributed by atoms with E-state index in [1.54, 1.807) is 13.8 Å². The van der Waals surface area contributed by atoms with Gasteiger partial charge >= 0.3 is 11.9 Å². The number of primary amides is 2. The Morgan fingerprint density at radius 3 is 1.61 bits per heavy atom. The first-order valence-corrected chi connectivity index (χ1v) is 11.5. The molecule has 0 aromatic heterocycles. The van der Waals surface area contributed by atoms with E-state index in [-0.39, 0.29) is 18.8 Å². The van der Waals surface area contributed by atoms with Crippen LogP contribution in [0.2, 0.25) is 13.1 Å². The Morgan fingerprint density at radius 1 is 0.857 bits per heavy atom. The SMILES string of the molecule is CCCNC(C(N)=O)=C(O[Si](C)(C)C(C(=O)O)=C(NCCC)C(N)=O)C(=O)O. The van der Waals surface area contributed by atoms with Crippen LogP contribution in [0, 0.1) is 0 Å². The van der Waals surface area contributed by atoms with Gasteiger partial charge in [-0.3, -0.25) is 9.59 Å². The summed E-state index contributed by atoms with van der Waals surface area (Å²) in [5, 5.41) is 23.9. The molecule has 2 amide bonds. The number of nitrogens with two attached hydrogens (primary N) is 2. The maximum atomic E-state index is 11.9. The van der Waals surface area contributed by atoms with Crippen molar-refractivity contribution in [2.24, 2.45) is 11.5 Å². The lowest BCUT2D eigenvalue weighted by Gasteiger charge is -2.27. The fourth-order valence-electron chi connectivity index (χ4n) is 2.25. The average Bonchev–Trinajstić information content (AvgIpc) is 2.56. The van der Waals surface area contributed by atoms with Crippen LogP contribution in [0.1, 0.15) is 26.7 Å². The largest absolute Gasteiger partial charge is 0.533 e. The number of carboxylic acid groups (broad SMARTS) is 2. The van der Waals surface area contributed by atoms with E-state index in [0.29, 0.717) is 12.8 Å². The average molecular weight is 417 g/mol.